The van der Waals surface area contributed by atoms with Gasteiger partial charge >= 0.3 is 0 Å². The second-order valence-electron chi connectivity index (χ2n) is 4.16. The third kappa shape index (κ3) is 2.19. The summed E-state index contributed by atoms with van der Waals surface area (Å²) < 4.78 is 0. The number of anilines is 2. The summed E-state index contributed by atoms with van der Waals surface area (Å²) in [5.41, 5.74) is 4.14. The Kier molecular flexibility index (Phi) is 2.72. The lowest BCUT2D eigenvalue weighted by Crippen LogP contribution is -1.99. The Hall–Kier alpha value is -1.94. The molecule has 0 aliphatic carbocycles. The lowest BCUT2D eigenvalue weighted by atomic mass is 10.1. The van der Waals surface area contributed by atoms with Crippen LogP contribution in [-0.4, -0.2) is 16.2 Å². The molecule has 1 N–H and O–H groups in total. The van der Waals surface area contributed by atoms with Gasteiger partial charge in [-0.05, 0) is 36.2 Å². The Bertz CT molecular complexity index is 617. The summed E-state index contributed by atoms with van der Waals surface area (Å²) in [5, 5.41) is 3.58. The predicted octanol–water partition coefficient (Wildman–Crippen LogP) is 3.11. The highest BCUT2D eigenvalue weighted by molar-refractivity contribution is 6.29. The number of rotatable bonds is 2. The number of halogens is 1. The first-order valence-corrected chi connectivity index (χ1v) is 5.99. The molecule has 0 radical (unpaired) electrons. The molecule has 0 atom stereocenters. The topological polar surface area (TPSA) is 50.2 Å². The van der Waals surface area contributed by atoms with Crippen LogP contribution in [0.1, 0.15) is 16.8 Å². The van der Waals surface area contributed by atoms with Crippen molar-refractivity contribution in [1.29, 1.82) is 0 Å². The van der Waals surface area contributed by atoms with Gasteiger partial charge in [-0.15, -0.1) is 0 Å². The van der Waals surface area contributed by atoms with Crippen LogP contribution in [0.3, 0.4) is 0 Å². The van der Waals surface area contributed by atoms with E-state index in [4.69, 9.17) is 11.6 Å². The minimum absolute atomic E-state index is 0.438. The van der Waals surface area contributed by atoms with Crippen molar-refractivity contribution in [1.82, 2.24) is 9.97 Å². The number of aromatic nitrogens is 2. The molecule has 2 aromatic rings. The van der Waals surface area contributed by atoms with Crippen molar-refractivity contribution < 1.29 is 0 Å². The van der Waals surface area contributed by atoms with E-state index >= 15 is 0 Å². The molecule has 0 saturated carbocycles. The SMILES string of the molecule is Cc1cc(Cl)nc(Nc2ccc3c(c2)C=NC3)n1. The number of nitrogens with one attached hydrogen (secondary N) is 1. The molecule has 1 aromatic carbocycles. The largest absolute Gasteiger partial charge is 0.324 e. The summed E-state index contributed by atoms with van der Waals surface area (Å²) in [6.45, 7) is 2.65. The highest BCUT2D eigenvalue weighted by Gasteiger charge is 2.07. The van der Waals surface area contributed by atoms with Crippen molar-refractivity contribution >= 4 is 29.5 Å². The van der Waals surface area contributed by atoms with Gasteiger partial charge in [0.1, 0.15) is 5.15 Å². The molecule has 1 aliphatic rings. The zero-order valence-corrected chi connectivity index (χ0v) is 10.6. The van der Waals surface area contributed by atoms with Crippen molar-refractivity contribution in [3.63, 3.8) is 0 Å². The van der Waals surface area contributed by atoms with Crippen LogP contribution in [0, 0.1) is 6.92 Å². The summed E-state index contributed by atoms with van der Waals surface area (Å²) in [4.78, 5) is 12.6. The van der Waals surface area contributed by atoms with Gasteiger partial charge in [0.2, 0.25) is 5.95 Å². The van der Waals surface area contributed by atoms with Gasteiger partial charge in [0.05, 0.1) is 6.54 Å². The average Bonchev–Trinajstić information content (AvgIpc) is 2.74. The Morgan fingerprint density at radius 3 is 2.94 bits per heavy atom. The molecule has 0 spiro atoms. The minimum atomic E-state index is 0.438. The van der Waals surface area contributed by atoms with E-state index in [0.717, 1.165) is 23.5 Å². The van der Waals surface area contributed by atoms with E-state index in [1.165, 1.54) is 5.56 Å². The minimum Gasteiger partial charge on any atom is -0.324 e. The molecule has 0 unspecified atom stereocenters. The number of hydrogen-bond acceptors (Lipinski definition) is 4. The first-order chi connectivity index (χ1) is 8.70. The number of aryl methyl sites for hydroxylation is 1. The molecular formula is C13H11ClN4. The molecule has 5 heteroatoms. The molecule has 1 aliphatic heterocycles. The Morgan fingerprint density at radius 2 is 2.11 bits per heavy atom. The summed E-state index contributed by atoms with van der Waals surface area (Å²) in [6.07, 6.45) is 1.88. The number of fused-ring (bicyclic) bond motifs is 1. The molecule has 18 heavy (non-hydrogen) atoms. The molecule has 2 heterocycles. The standard InChI is InChI=1S/C13H11ClN4/c1-8-4-12(14)18-13(16-8)17-11-3-2-9-6-15-7-10(9)5-11/h2-5,7H,6H2,1H3,(H,16,17,18). The highest BCUT2D eigenvalue weighted by atomic mass is 35.5. The lowest BCUT2D eigenvalue weighted by Gasteiger charge is -2.07. The van der Waals surface area contributed by atoms with E-state index < -0.39 is 0 Å². The summed E-state index contributed by atoms with van der Waals surface area (Å²) in [7, 11) is 0. The predicted molar refractivity (Wildman–Crippen MR) is 72.8 cm³/mol. The van der Waals surface area contributed by atoms with Crippen molar-refractivity contribution in [3.8, 4) is 0 Å². The molecule has 90 valence electrons. The first kappa shape index (κ1) is 11.2. The molecule has 3 rings (SSSR count). The third-order valence-electron chi connectivity index (χ3n) is 2.72. The lowest BCUT2D eigenvalue weighted by molar-refractivity contribution is 1.10. The Balaban J connectivity index is 1.90. The van der Waals surface area contributed by atoms with Crippen LogP contribution in [-0.2, 0) is 6.54 Å². The van der Waals surface area contributed by atoms with Crippen LogP contribution in [0.25, 0.3) is 0 Å². The van der Waals surface area contributed by atoms with Crippen molar-refractivity contribution in [2.75, 3.05) is 5.32 Å². The number of hydrogen-bond donors (Lipinski definition) is 1. The van der Waals surface area contributed by atoms with Gasteiger partial charge in [0.15, 0.2) is 0 Å². The molecular weight excluding hydrogens is 248 g/mol. The number of aliphatic imine (C=N–C) groups is 1. The highest BCUT2D eigenvalue weighted by Crippen LogP contribution is 2.21. The smallest absolute Gasteiger partial charge is 0.228 e. The molecule has 0 bridgehead atoms. The van der Waals surface area contributed by atoms with E-state index in [1.54, 1.807) is 6.07 Å². The Labute approximate surface area is 110 Å². The second-order valence-corrected chi connectivity index (χ2v) is 4.55. The number of benzene rings is 1. The fourth-order valence-corrected chi connectivity index (χ4v) is 2.13. The Morgan fingerprint density at radius 1 is 1.22 bits per heavy atom. The van der Waals surface area contributed by atoms with Crippen LogP contribution >= 0.6 is 11.6 Å². The van der Waals surface area contributed by atoms with Crippen molar-refractivity contribution in [3.05, 3.63) is 46.2 Å². The normalized spacial score (nSPS) is 12.6. The summed E-state index contributed by atoms with van der Waals surface area (Å²) >= 11 is 5.90. The van der Waals surface area contributed by atoms with E-state index in [2.05, 4.69) is 26.3 Å². The monoisotopic (exact) mass is 258 g/mol. The third-order valence-corrected chi connectivity index (χ3v) is 2.91. The van der Waals surface area contributed by atoms with Crippen LogP contribution in [0.5, 0.6) is 0 Å². The quantitative estimate of drug-likeness (QED) is 0.842. The molecule has 0 saturated heterocycles. The van der Waals surface area contributed by atoms with Gasteiger partial charge in [-0.25, -0.2) is 9.97 Å². The zero-order valence-electron chi connectivity index (χ0n) is 9.81. The second kappa shape index (κ2) is 4.38. The van der Waals surface area contributed by atoms with Crippen molar-refractivity contribution in [2.45, 2.75) is 13.5 Å². The van der Waals surface area contributed by atoms with Crippen LogP contribution < -0.4 is 5.32 Å². The molecule has 1 aromatic heterocycles. The molecule has 4 nitrogen and oxygen atoms in total. The zero-order chi connectivity index (χ0) is 12.5. The average molecular weight is 259 g/mol. The van der Waals surface area contributed by atoms with E-state index in [0.29, 0.717) is 11.1 Å². The van der Waals surface area contributed by atoms with E-state index in [-0.39, 0.29) is 0 Å². The van der Waals surface area contributed by atoms with Crippen LogP contribution in [0.2, 0.25) is 5.15 Å². The summed E-state index contributed by atoms with van der Waals surface area (Å²) in [6, 6.07) is 7.81. The molecule has 0 fully saturated rings. The molecule has 0 amide bonds. The van der Waals surface area contributed by atoms with E-state index in [9.17, 15) is 0 Å². The fraction of sp³-hybridized carbons (Fsp3) is 0.154. The number of nitrogens with zero attached hydrogens (tertiary/aromatic N) is 3. The first-order valence-electron chi connectivity index (χ1n) is 5.62. The maximum absolute atomic E-state index is 5.90. The summed E-state index contributed by atoms with van der Waals surface area (Å²) in [5.74, 6) is 0.509. The fourth-order valence-electron chi connectivity index (χ4n) is 1.89. The maximum atomic E-state index is 5.90. The van der Waals surface area contributed by atoms with Gasteiger partial charge in [0.25, 0.3) is 0 Å². The van der Waals surface area contributed by atoms with Gasteiger partial charge in [0, 0.05) is 17.6 Å². The van der Waals surface area contributed by atoms with Gasteiger partial charge < -0.3 is 5.32 Å². The maximum Gasteiger partial charge on any atom is 0.228 e. The van der Waals surface area contributed by atoms with Gasteiger partial charge in [-0.3, -0.25) is 4.99 Å². The van der Waals surface area contributed by atoms with Crippen LogP contribution in [0.4, 0.5) is 11.6 Å². The van der Waals surface area contributed by atoms with E-state index in [1.807, 2.05) is 25.3 Å². The van der Waals surface area contributed by atoms with Crippen LogP contribution in [0.15, 0.2) is 29.3 Å². The van der Waals surface area contributed by atoms with Gasteiger partial charge in [-0.2, -0.15) is 0 Å². The van der Waals surface area contributed by atoms with Crippen molar-refractivity contribution in [2.24, 2.45) is 4.99 Å². The van der Waals surface area contributed by atoms with Gasteiger partial charge in [-0.1, -0.05) is 17.7 Å².